The number of nitro groups is 1. The molecule has 0 spiro atoms. The molecule has 17 heavy (non-hydrogen) atoms. The first-order valence-electron chi connectivity index (χ1n) is 4.61. The second-order valence-corrected chi connectivity index (χ2v) is 4.67. The predicted octanol–water partition coefficient (Wildman–Crippen LogP) is 1.16. The van der Waals surface area contributed by atoms with E-state index in [2.05, 4.69) is 4.98 Å². The van der Waals surface area contributed by atoms with Gasteiger partial charge in [-0.05, 0) is 6.07 Å². The molecular weight excluding hydrogens is 248 g/mol. The van der Waals surface area contributed by atoms with Crippen molar-refractivity contribution < 1.29 is 19.9 Å². The van der Waals surface area contributed by atoms with Crippen LogP contribution in [-0.2, 0) is 0 Å². The highest BCUT2D eigenvalue weighted by Gasteiger charge is 2.21. The van der Waals surface area contributed by atoms with Crippen LogP contribution in [0.1, 0.15) is 17.3 Å². The first-order chi connectivity index (χ1) is 7.95. The minimum atomic E-state index is -1.38. The van der Waals surface area contributed by atoms with Crippen LogP contribution < -0.4 is 0 Å². The zero-order valence-corrected chi connectivity index (χ0v) is 9.68. The predicted molar refractivity (Wildman–Crippen MR) is 60.3 cm³/mol. The maximum Gasteiger partial charge on any atom is 0.342 e. The Balaban J connectivity index is 3.10. The number of aliphatic hydroxyl groups is 1. The average molecular weight is 258 g/mol. The van der Waals surface area contributed by atoms with Crippen LogP contribution in [-0.4, -0.2) is 37.9 Å². The van der Waals surface area contributed by atoms with Gasteiger partial charge in [-0.25, -0.2) is 9.78 Å². The minimum Gasteiger partial charge on any atom is -0.477 e. The number of aliphatic hydroxyl groups excluding tert-OH is 1. The average Bonchev–Trinajstić information content (AvgIpc) is 2.28. The molecule has 0 aliphatic carbocycles. The first kappa shape index (κ1) is 13.4. The lowest BCUT2D eigenvalue weighted by Crippen LogP contribution is -2.06. The van der Waals surface area contributed by atoms with E-state index in [-0.39, 0.29) is 11.9 Å². The fourth-order valence-corrected chi connectivity index (χ4v) is 1.84. The van der Waals surface area contributed by atoms with Gasteiger partial charge in [0, 0.05) is 5.25 Å². The number of hydrogen-bond donors (Lipinski definition) is 2. The van der Waals surface area contributed by atoms with E-state index in [4.69, 9.17) is 10.2 Å². The van der Waals surface area contributed by atoms with Crippen molar-refractivity contribution in [3.63, 3.8) is 0 Å². The van der Waals surface area contributed by atoms with Crippen LogP contribution in [0.25, 0.3) is 0 Å². The number of rotatable bonds is 5. The van der Waals surface area contributed by atoms with Gasteiger partial charge in [-0.15, -0.1) is 11.8 Å². The molecule has 92 valence electrons. The van der Waals surface area contributed by atoms with E-state index in [1.54, 1.807) is 6.92 Å². The molecule has 0 fully saturated rings. The molecule has 1 heterocycles. The molecule has 1 rings (SSSR count). The van der Waals surface area contributed by atoms with Crippen molar-refractivity contribution in [3.8, 4) is 0 Å². The molecule has 0 aliphatic rings. The van der Waals surface area contributed by atoms with E-state index in [0.29, 0.717) is 5.03 Å². The van der Waals surface area contributed by atoms with Crippen molar-refractivity contribution in [2.24, 2.45) is 0 Å². The van der Waals surface area contributed by atoms with Gasteiger partial charge < -0.3 is 10.2 Å². The quantitative estimate of drug-likeness (QED) is 0.462. The molecule has 7 nitrogen and oxygen atoms in total. The van der Waals surface area contributed by atoms with Gasteiger partial charge in [0.25, 0.3) is 0 Å². The number of carbonyl (C=O) groups is 1. The highest BCUT2D eigenvalue weighted by molar-refractivity contribution is 7.99. The minimum absolute atomic E-state index is 0.0915. The third-order valence-corrected chi connectivity index (χ3v) is 2.88. The largest absolute Gasteiger partial charge is 0.477 e. The number of hydrogen-bond acceptors (Lipinski definition) is 6. The standard InChI is InChI=1S/C9H10N2O5S/c1-5(4-12)17-8-2-6(9(13)14)7(3-10-8)11(15)16/h2-3,5,12H,4H2,1H3,(H,13,14). The molecule has 2 N–H and O–H groups in total. The fourth-order valence-electron chi connectivity index (χ4n) is 1.05. The summed E-state index contributed by atoms with van der Waals surface area (Å²) >= 11 is 1.15. The molecule has 0 bridgehead atoms. The Bertz CT molecular complexity index is 451. The third-order valence-electron chi connectivity index (χ3n) is 1.86. The highest BCUT2D eigenvalue weighted by Crippen LogP contribution is 2.26. The molecule has 0 radical (unpaired) electrons. The number of carboxylic acid groups (broad SMARTS) is 1. The molecular formula is C9H10N2O5S. The summed E-state index contributed by atoms with van der Waals surface area (Å²) in [7, 11) is 0. The summed E-state index contributed by atoms with van der Waals surface area (Å²) in [5, 5.41) is 28.4. The van der Waals surface area contributed by atoms with Crippen LogP contribution in [0.15, 0.2) is 17.3 Å². The molecule has 0 amide bonds. The molecule has 1 atom stereocenters. The van der Waals surface area contributed by atoms with Crippen LogP contribution >= 0.6 is 11.8 Å². The normalized spacial score (nSPS) is 12.1. The van der Waals surface area contributed by atoms with Crippen molar-refractivity contribution >= 4 is 23.4 Å². The Morgan fingerprint density at radius 1 is 1.71 bits per heavy atom. The Hall–Kier alpha value is -1.67. The zero-order chi connectivity index (χ0) is 13.0. The Morgan fingerprint density at radius 2 is 2.35 bits per heavy atom. The molecule has 0 saturated heterocycles. The summed E-state index contributed by atoms with van der Waals surface area (Å²) in [6.07, 6.45) is 0.913. The lowest BCUT2D eigenvalue weighted by atomic mass is 10.2. The maximum absolute atomic E-state index is 10.8. The van der Waals surface area contributed by atoms with Crippen LogP contribution in [0, 0.1) is 10.1 Å². The van der Waals surface area contributed by atoms with E-state index in [0.717, 1.165) is 24.0 Å². The topological polar surface area (TPSA) is 114 Å². The van der Waals surface area contributed by atoms with Crippen molar-refractivity contribution in [1.82, 2.24) is 4.98 Å². The number of nitrogens with zero attached hydrogens (tertiary/aromatic N) is 2. The van der Waals surface area contributed by atoms with E-state index in [1.807, 2.05) is 0 Å². The van der Waals surface area contributed by atoms with Gasteiger partial charge in [-0.2, -0.15) is 0 Å². The second kappa shape index (κ2) is 5.60. The first-order valence-corrected chi connectivity index (χ1v) is 5.49. The molecule has 1 aromatic rings. The van der Waals surface area contributed by atoms with Crippen LogP contribution in [0.3, 0.4) is 0 Å². The van der Waals surface area contributed by atoms with Gasteiger partial charge in [0.15, 0.2) is 0 Å². The maximum atomic E-state index is 10.8. The number of aromatic nitrogens is 1. The smallest absolute Gasteiger partial charge is 0.342 e. The summed E-state index contributed by atoms with van der Waals surface area (Å²) in [5.41, 5.74) is -0.948. The van der Waals surface area contributed by atoms with Crippen molar-refractivity contribution in [2.45, 2.75) is 17.2 Å². The Labute approximate surface area is 101 Å². The molecule has 8 heteroatoms. The number of thioether (sulfide) groups is 1. The summed E-state index contributed by atoms with van der Waals surface area (Å²) in [4.78, 5) is 24.4. The molecule has 1 aromatic heterocycles. The fraction of sp³-hybridized carbons (Fsp3) is 0.333. The highest BCUT2D eigenvalue weighted by atomic mass is 32.2. The zero-order valence-electron chi connectivity index (χ0n) is 8.86. The summed E-state index contributed by atoms with van der Waals surface area (Å²) in [5.74, 6) is -1.38. The van der Waals surface area contributed by atoms with E-state index >= 15 is 0 Å². The number of pyridine rings is 1. The SMILES string of the molecule is CC(CO)Sc1cc(C(=O)O)c([N+](=O)[O-])cn1. The molecule has 0 aromatic carbocycles. The van der Waals surface area contributed by atoms with Crippen LogP contribution in [0.2, 0.25) is 0 Å². The van der Waals surface area contributed by atoms with Crippen molar-refractivity contribution in [3.05, 3.63) is 27.9 Å². The van der Waals surface area contributed by atoms with Gasteiger partial charge in [0.1, 0.15) is 11.8 Å². The lowest BCUT2D eigenvalue weighted by molar-refractivity contribution is -0.385. The molecule has 0 aliphatic heterocycles. The molecule has 0 saturated carbocycles. The summed E-state index contributed by atoms with van der Waals surface area (Å²) < 4.78 is 0. The van der Waals surface area contributed by atoms with Crippen molar-refractivity contribution in [2.75, 3.05) is 6.61 Å². The van der Waals surface area contributed by atoms with E-state index < -0.39 is 22.1 Å². The monoisotopic (exact) mass is 258 g/mol. The molecule has 1 unspecified atom stereocenters. The van der Waals surface area contributed by atoms with Gasteiger partial charge in [0.2, 0.25) is 0 Å². The van der Waals surface area contributed by atoms with E-state index in [1.165, 1.54) is 0 Å². The van der Waals surface area contributed by atoms with Gasteiger partial charge in [0.05, 0.1) is 16.6 Å². The Kier molecular flexibility index (Phi) is 4.41. The van der Waals surface area contributed by atoms with Crippen LogP contribution in [0.5, 0.6) is 0 Å². The third kappa shape index (κ3) is 3.40. The van der Waals surface area contributed by atoms with Crippen LogP contribution in [0.4, 0.5) is 5.69 Å². The lowest BCUT2D eigenvalue weighted by Gasteiger charge is -2.07. The number of carboxylic acids is 1. The van der Waals surface area contributed by atoms with Crippen molar-refractivity contribution in [1.29, 1.82) is 0 Å². The summed E-state index contributed by atoms with van der Waals surface area (Å²) in [6.45, 7) is 1.64. The summed E-state index contributed by atoms with van der Waals surface area (Å²) in [6, 6.07) is 1.14. The second-order valence-electron chi connectivity index (χ2n) is 3.21. The van der Waals surface area contributed by atoms with E-state index in [9.17, 15) is 14.9 Å². The number of aromatic carboxylic acids is 1. The Morgan fingerprint density at radius 3 is 2.82 bits per heavy atom. The van der Waals surface area contributed by atoms with Gasteiger partial charge in [-0.1, -0.05) is 6.92 Å². The van der Waals surface area contributed by atoms with Gasteiger partial charge in [-0.3, -0.25) is 10.1 Å². The van der Waals surface area contributed by atoms with Gasteiger partial charge >= 0.3 is 11.7 Å².